The molecule has 0 aliphatic heterocycles. The summed E-state index contributed by atoms with van der Waals surface area (Å²) < 4.78 is 0. The Balaban J connectivity index is 1.94. The molecule has 1 saturated carbocycles. The van der Waals surface area contributed by atoms with Gasteiger partial charge >= 0.3 is 0 Å². The highest BCUT2D eigenvalue weighted by atomic mass is 35.5. The van der Waals surface area contributed by atoms with Crippen molar-refractivity contribution in [3.63, 3.8) is 0 Å². The SMILES string of the molecule is Clc1nc2ccccc2nc1-c1cn[nH]c1C1CC1. The molecule has 0 radical (unpaired) electrons. The van der Waals surface area contributed by atoms with E-state index in [0.29, 0.717) is 11.1 Å². The van der Waals surface area contributed by atoms with Crippen molar-refractivity contribution in [3.05, 3.63) is 41.3 Å². The standard InChI is InChI=1S/C14H11ClN4/c15-14-13(9-7-16-19-12(9)8-5-6-8)17-10-3-1-2-4-11(10)18-14/h1-4,7-8H,5-6H2,(H,16,19). The lowest BCUT2D eigenvalue weighted by Crippen LogP contribution is -1.93. The maximum Gasteiger partial charge on any atom is 0.156 e. The van der Waals surface area contributed by atoms with Crippen LogP contribution >= 0.6 is 11.6 Å². The van der Waals surface area contributed by atoms with Gasteiger partial charge in [0, 0.05) is 17.2 Å². The van der Waals surface area contributed by atoms with E-state index in [4.69, 9.17) is 11.6 Å². The number of rotatable bonds is 2. The van der Waals surface area contributed by atoms with Crippen LogP contribution in [0.25, 0.3) is 22.3 Å². The summed E-state index contributed by atoms with van der Waals surface area (Å²) in [7, 11) is 0. The molecule has 0 bridgehead atoms. The van der Waals surface area contributed by atoms with Crippen molar-refractivity contribution < 1.29 is 0 Å². The minimum atomic E-state index is 0.432. The zero-order valence-corrected chi connectivity index (χ0v) is 10.9. The molecule has 1 aliphatic carbocycles. The normalized spacial score (nSPS) is 15.0. The Kier molecular flexibility index (Phi) is 2.32. The molecule has 5 heteroatoms. The average Bonchev–Trinajstić information content (AvgIpc) is 3.16. The molecule has 0 unspecified atom stereocenters. The topological polar surface area (TPSA) is 54.5 Å². The average molecular weight is 271 g/mol. The summed E-state index contributed by atoms with van der Waals surface area (Å²) in [6.07, 6.45) is 4.19. The zero-order valence-electron chi connectivity index (χ0n) is 10.1. The number of aromatic amines is 1. The van der Waals surface area contributed by atoms with Crippen LogP contribution in [0.3, 0.4) is 0 Å². The van der Waals surface area contributed by atoms with E-state index in [-0.39, 0.29) is 0 Å². The third-order valence-electron chi connectivity index (χ3n) is 3.44. The van der Waals surface area contributed by atoms with Gasteiger partial charge in [0.2, 0.25) is 0 Å². The van der Waals surface area contributed by atoms with Gasteiger partial charge in [0.1, 0.15) is 5.69 Å². The van der Waals surface area contributed by atoms with E-state index < -0.39 is 0 Å². The number of aromatic nitrogens is 4. The Morgan fingerprint density at radius 2 is 1.84 bits per heavy atom. The van der Waals surface area contributed by atoms with Crippen molar-refractivity contribution in [2.45, 2.75) is 18.8 Å². The van der Waals surface area contributed by atoms with Gasteiger partial charge in [0.25, 0.3) is 0 Å². The molecule has 0 atom stereocenters. The summed E-state index contributed by atoms with van der Waals surface area (Å²) in [5, 5.41) is 7.63. The predicted molar refractivity (Wildman–Crippen MR) is 74.1 cm³/mol. The molecule has 0 amide bonds. The summed E-state index contributed by atoms with van der Waals surface area (Å²) in [5.41, 5.74) is 4.49. The van der Waals surface area contributed by atoms with Gasteiger partial charge in [-0.15, -0.1) is 0 Å². The second-order valence-electron chi connectivity index (χ2n) is 4.82. The predicted octanol–water partition coefficient (Wildman–Crippen LogP) is 3.55. The van der Waals surface area contributed by atoms with Gasteiger partial charge in [-0.3, -0.25) is 5.10 Å². The van der Waals surface area contributed by atoms with Crippen LogP contribution in [0.2, 0.25) is 5.15 Å². The van der Waals surface area contributed by atoms with E-state index >= 15 is 0 Å². The number of benzene rings is 1. The molecule has 94 valence electrons. The number of hydrogen-bond donors (Lipinski definition) is 1. The first kappa shape index (κ1) is 10.9. The number of halogens is 1. The number of para-hydroxylation sites is 2. The zero-order chi connectivity index (χ0) is 12.8. The van der Waals surface area contributed by atoms with Crippen LogP contribution in [-0.2, 0) is 0 Å². The molecular formula is C14H11ClN4. The fourth-order valence-electron chi connectivity index (χ4n) is 2.32. The van der Waals surface area contributed by atoms with Gasteiger partial charge in [0.15, 0.2) is 5.15 Å². The molecule has 3 aromatic rings. The second-order valence-corrected chi connectivity index (χ2v) is 5.18. The second kappa shape index (κ2) is 4.03. The number of nitrogens with zero attached hydrogens (tertiary/aromatic N) is 3. The van der Waals surface area contributed by atoms with Gasteiger partial charge in [0.05, 0.1) is 17.2 Å². The van der Waals surface area contributed by atoms with E-state index in [9.17, 15) is 0 Å². The highest BCUT2D eigenvalue weighted by molar-refractivity contribution is 6.32. The summed E-state index contributed by atoms with van der Waals surface area (Å²) in [4.78, 5) is 9.05. The Bertz CT molecular complexity index is 761. The van der Waals surface area contributed by atoms with Crippen LogP contribution in [0.15, 0.2) is 30.5 Å². The quantitative estimate of drug-likeness (QED) is 0.775. The van der Waals surface area contributed by atoms with E-state index in [0.717, 1.165) is 28.0 Å². The maximum absolute atomic E-state index is 6.28. The van der Waals surface area contributed by atoms with E-state index in [1.54, 1.807) is 6.20 Å². The lowest BCUT2D eigenvalue weighted by Gasteiger charge is -2.05. The van der Waals surface area contributed by atoms with Gasteiger partial charge < -0.3 is 0 Å². The van der Waals surface area contributed by atoms with Crippen molar-refractivity contribution >= 4 is 22.6 Å². The van der Waals surface area contributed by atoms with Crippen molar-refractivity contribution in [3.8, 4) is 11.3 Å². The van der Waals surface area contributed by atoms with Crippen LogP contribution in [0, 0.1) is 0 Å². The lowest BCUT2D eigenvalue weighted by molar-refractivity contribution is 0.965. The van der Waals surface area contributed by atoms with Crippen LogP contribution < -0.4 is 0 Å². The van der Waals surface area contributed by atoms with Crippen molar-refractivity contribution in [1.82, 2.24) is 20.2 Å². The molecule has 4 nitrogen and oxygen atoms in total. The summed E-state index contributed by atoms with van der Waals surface area (Å²) in [5.74, 6) is 0.571. The molecule has 0 spiro atoms. The van der Waals surface area contributed by atoms with Crippen molar-refractivity contribution in [2.75, 3.05) is 0 Å². The molecule has 2 heterocycles. The number of nitrogens with one attached hydrogen (secondary N) is 1. The van der Waals surface area contributed by atoms with Crippen LogP contribution in [0.4, 0.5) is 0 Å². The highest BCUT2D eigenvalue weighted by Crippen LogP contribution is 2.43. The van der Waals surface area contributed by atoms with Gasteiger partial charge in [-0.25, -0.2) is 9.97 Å². The minimum Gasteiger partial charge on any atom is -0.282 e. The summed E-state index contributed by atoms with van der Waals surface area (Å²) in [6.45, 7) is 0. The lowest BCUT2D eigenvalue weighted by atomic mass is 10.1. The smallest absolute Gasteiger partial charge is 0.156 e. The third kappa shape index (κ3) is 1.79. The van der Waals surface area contributed by atoms with Crippen LogP contribution in [0.5, 0.6) is 0 Å². The minimum absolute atomic E-state index is 0.432. The first-order chi connectivity index (χ1) is 9.33. The van der Waals surface area contributed by atoms with Crippen LogP contribution in [-0.4, -0.2) is 20.2 Å². The molecule has 1 fully saturated rings. The number of fused-ring (bicyclic) bond motifs is 1. The highest BCUT2D eigenvalue weighted by Gasteiger charge is 2.29. The van der Waals surface area contributed by atoms with E-state index in [1.807, 2.05) is 24.3 Å². The Labute approximate surface area is 114 Å². The molecule has 19 heavy (non-hydrogen) atoms. The van der Waals surface area contributed by atoms with E-state index in [1.165, 1.54) is 12.8 Å². The largest absolute Gasteiger partial charge is 0.282 e. The van der Waals surface area contributed by atoms with Crippen molar-refractivity contribution in [1.29, 1.82) is 0 Å². The Morgan fingerprint density at radius 1 is 1.11 bits per heavy atom. The molecular weight excluding hydrogens is 260 g/mol. The number of H-pyrrole nitrogens is 1. The molecule has 4 rings (SSSR count). The first-order valence-corrected chi connectivity index (χ1v) is 6.66. The van der Waals surface area contributed by atoms with E-state index in [2.05, 4.69) is 20.2 Å². The monoisotopic (exact) mass is 270 g/mol. The van der Waals surface area contributed by atoms with Crippen LogP contribution in [0.1, 0.15) is 24.5 Å². The Hall–Kier alpha value is -1.94. The molecule has 1 aromatic carbocycles. The maximum atomic E-state index is 6.28. The van der Waals surface area contributed by atoms with Gasteiger partial charge in [-0.05, 0) is 25.0 Å². The molecule has 1 aliphatic rings. The fraction of sp³-hybridized carbons (Fsp3) is 0.214. The summed E-state index contributed by atoms with van der Waals surface area (Å²) >= 11 is 6.28. The third-order valence-corrected chi connectivity index (χ3v) is 3.70. The molecule has 1 N–H and O–H groups in total. The van der Waals surface area contributed by atoms with Crippen molar-refractivity contribution in [2.24, 2.45) is 0 Å². The summed E-state index contributed by atoms with van der Waals surface area (Å²) in [6, 6.07) is 7.74. The van der Waals surface area contributed by atoms with Gasteiger partial charge in [-0.1, -0.05) is 23.7 Å². The first-order valence-electron chi connectivity index (χ1n) is 6.29. The number of hydrogen-bond acceptors (Lipinski definition) is 3. The molecule has 2 aromatic heterocycles. The molecule has 0 saturated heterocycles. The fourth-order valence-corrected chi connectivity index (χ4v) is 2.55. The Morgan fingerprint density at radius 3 is 2.58 bits per heavy atom. The van der Waals surface area contributed by atoms with Gasteiger partial charge in [-0.2, -0.15) is 5.10 Å².